The van der Waals surface area contributed by atoms with Crippen LogP contribution in [-0.4, -0.2) is 6.54 Å². The molecule has 3 heteroatoms. The van der Waals surface area contributed by atoms with Gasteiger partial charge in [0.15, 0.2) is 0 Å². The number of halogens is 1. The van der Waals surface area contributed by atoms with Gasteiger partial charge in [0.2, 0.25) is 0 Å². The van der Waals surface area contributed by atoms with E-state index in [9.17, 15) is 0 Å². The van der Waals surface area contributed by atoms with Crippen molar-refractivity contribution in [1.82, 2.24) is 5.32 Å². The molecule has 3 rings (SSSR count). The van der Waals surface area contributed by atoms with Gasteiger partial charge < -0.3 is 5.32 Å². The van der Waals surface area contributed by atoms with E-state index in [-0.39, 0.29) is 0 Å². The number of benzene rings is 1. The zero-order valence-corrected chi connectivity index (χ0v) is 13.9. The predicted molar refractivity (Wildman–Crippen MR) is 88.0 cm³/mol. The third-order valence-corrected chi connectivity index (χ3v) is 5.27. The second kappa shape index (κ2) is 5.55. The molecule has 1 heterocycles. The molecule has 0 radical (unpaired) electrons. The third kappa shape index (κ3) is 3.04. The number of nitrogens with one attached hydrogen (secondary N) is 1. The van der Waals surface area contributed by atoms with Crippen molar-refractivity contribution in [2.75, 3.05) is 6.54 Å². The zero-order chi connectivity index (χ0) is 13.4. The summed E-state index contributed by atoms with van der Waals surface area (Å²) in [6, 6.07) is 6.70. The van der Waals surface area contributed by atoms with Crippen molar-refractivity contribution in [2.45, 2.75) is 39.2 Å². The minimum atomic E-state index is 0.716. The van der Waals surface area contributed by atoms with Crippen LogP contribution in [-0.2, 0) is 6.54 Å². The van der Waals surface area contributed by atoms with Gasteiger partial charge in [0.1, 0.15) is 0 Å². The van der Waals surface area contributed by atoms with E-state index >= 15 is 0 Å². The maximum absolute atomic E-state index is 3.61. The molecule has 1 N–H and O–H groups in total. The largest absolute Gasteiger partial charge is 0.312 e. The van der Waals surface area contributed by atoms with Crippen LogP contribution in [0.4, 0.5) is 0 Å². The quantitative estimate of drug-likeness (QED) is 0.781. The van der Waals surface area contributed by atoms with Crippen LogP contribution >= 0.6 is 27.3 Å². The Hall–Kier alpha value is -0.380. The third-order valence-electron chi connectivity index (χ3n) is 3.59. The molecule has 0 aliphatic heterocycles. The van der Waals surface area contributed by atoms with Crippen molar-refractivity contribution in [3.8, 4) is 0 Å². The molecule has 102 valence electrons. The number of rotatable bonds is 5. The Labute approximate surface area is 127 Å². The first kappa shape index (κ1) is 13.6. The smallest absolute Gasteiger partial charge is 0.0349 e. The summed E-state index contributed by atoms with van der Waals surface area (Å²) in [4.78, 5) is 1.55. The van der Waals surface area contributed by atoms with Crippen molar-refractivity contribution in [2.24, 2.45) is 5.92 Å². The summed E-state index contributed by atoms with van der Waals surface area (Å²) in [5, 5.41) is 5.07. The van der Waals surface area contributed by atoms with Gasteiger partial charge in [0.25, 0.3) is 0 Å². The lowest BCUT2D eigenvalue weighted by Crippen LogP contribution is -2.18. The van der Waals surface area contributed by atoms with E-state index in [0.717, 1.165) is 19.0 Å². The summed E-state index contributed by atoms with van der Waals surface area (Å²) in [6.45, 7) is 6.65. The maximum Gasteiger partial charge on any atom is 0.0349 e. The first-order valence-corrected chi connectivity index (χ1v) is 8.67. The van der Waals surface area contributed by atoms with Gasteiger partial charge >= 0.3 is 0 Å². The summed E-state index contributed by atoms with van der Waals surface area (Å²) >= 11 is 5.58. The predicted octanol–water partition coefficient (Wildman–Crippen LogP) is 5.29. The molecule has 0 bridgehead atoms. The lowest BCUT2D eigenvalue weighted by Gasteiger charge is -2.08. The van der Waals surface area contributed by atoms with Crippen LogP contribution in [0.1, 0.15) is 43.0 Å². The van der Waals surface area contributed by atoms with Gasteiger partial charge in [-0.25, -0.2) is 0 Å². The average Bonchev–Trinajstić information content (AvgIpc) is 3.11. The molecule has 19 heavy (non-hydrogen) atoms. The fraction of sp³-hybridized carbons (Fsp3) is 0.500. The lowest BCUT2D eigenvalue weighted by molar-refractivity contribution is 0.554. The topological polar surface area (TPSA) is 12.0 Å². The van der Waals surface area contributed by atoms with Crippen molar-refractivity contribution in [3.05, 3.63) is 33.1 Å². The highest BCUT2D eigenvalue weighted by molar-refractivity contribution is 9.10. The molecule has 1 aliphatic rings. The molecule has 0 atom stereocenters. The molecular weight excluding hydrogens is 318 g/mol. The van der Waals surface area contributed by atoms with E-state index in [4.69, 9.17) is 0 Å². The van der Waals surface area contributed by atoms with Crippen LogP contribution in [0.3, 0.4) is 0 Å². The minimum Gasteiger partial charge on any atom is -0.312 e. The first-order valence-electron chi connectivity index (χ1n) is 7.06. The van der Waals surface area contributed by atoms with E-state index in [0.29, 0.717) is 5.92 Å². The Bertz CT molecular complexity index is 584. The van der Waals surface area contributed by atoms with Gasteiger partial charge in [0, 0.05) is 20.6 Å². The Morgan fingerprint density at radius 2 is 2.16 bits per heavy atom. The van der Waals surface area contributed by atoms with Gasteiger partial charge in [-0.05, 0) is 60.4 Å². The van der Waals surface area contributed by atoms with Gasteiger partial charge in [-0.2, -0.15) is 0 Å². The molecule has 1 fully saturated rings. The fourth-order valence-corrected chi connectivity index (χ4v) is 4.17. The standard InChI is InChI=1S/C16H20BrNS/c1-10(2)8-18-9-15-16(11-3-4-11)13-7-12(17)5-6-14(13)19-15/h5-7,10-11,18H,3-4,8-9H2,1-2H3. The summed E-state index contributed by atoms with van der Waals surface area (Å²) in [5.74, 6) is 1.53. The summed E-state index contributed by atoms with van der Waals surface area (Å²) < 4.78 is 2.63. The Morgan fingerprint density at radius 3 is 2.84 bits per heavy atom. The van der Waals surface area contributed by atoms with Gasteiger partial charge in [-0.1, -0.05) is 29.8 Å². The highest BCUT2D eigenvalue weighted by Crippen LogP contribution is 2.48. The van der Waals surface area contributed by atoms with Crippen LogP contribution < -0.4 is 5.32 Å². The number of fused-ring (bicyclic) bond motifs is 1. The number of hydrogen-bond acceptors (Lipinski definition) is 2. The number of hydrogen-bond donors (Lipinski definition) is 1. The van der Waals surface area contributed by atoms with Crippen molar-refractivity contribution in [1.29, 1.82) is 0 Å². The molecule has 1 saturated carbocycles. The van der Waals surface area contributed by atoms with Crippen molar-refractivity contribution < 1.29 is 0 Å². The normalized spacial score (nSPS) is 15.6. The molecule has 0 unspecified atom stereocenters. The molecular formula is C16H20BrNS. The number of thiophene rings is 1. The summed E-state index contributed by atoms with van der Waals surface area (Å²) in [7, 11) is 0. The van der Waals surface area contributed by atoms with E-state index in [1.165, 1.54) is 27.4 Å². The SMILES string of the molecule is CC(C)CNCc1sc2ccc(Br)cc2c1C1CC1. The second-order valence-corrected chi connectivity index (χ2v) is 7.93. The molecule has 1 aromatic heterocycles. The maximum atomic E-state index is 3.61. The van der Waals surface area contributed by atoms with Crippen LogP contribution in [0.2, 0.25) is 0 Å². The van der Waals surface area contributed by atoms with E-state index in [1.807, 2.05) is 11.3 Å². The average molecular weight is 338 g/mol. The summed E-state index contributed by atoms with van der Waals surface area (Å²) in [5.41, 5.74) is 1.62. The Kier molecular flexibility index (Phi) is 3.97. The lowest BCUT2D eigenvalue weighted by atomic mass is 10.1. The monoisotopic (exact) mass is 337 g/mol. The van der Waals surface area contributed by atoms with Gasteiger partial charge in [-0.3, -0.25) is 0 Å². The van der Waals surface area contributed by atoms with E-state index in [2.05, 4.69) is 53.3 Å². The van der Waals surface area contributed by atoms with E-state index < -0.39 is 0 Å². The van der Waals surface area contributed by atoms with Crippen molar-refractivity contribution >= 4 is 37.4 Å². The second-order valence-electron chi connectivity index (χ2n) is 5.88. The molecule has 0 saturated heterocycles. The Morgan fingerprint density at radius 1 is 1.37 bits per heavy atom. The zero-order valence-electron chi connectivity index (χ0n) is 11.5. The van der Waals surface area contributed by atoms with Crippen LogP contribution in [0.25, 0.3) is 10.1 Å². The van der Waals surface area contributed by atoms with Gasteiger partial charge in [-0.15, -0.1) is 11.3 Å². The van der Waals surface area contributed by atoms with E-state index in [1.54, 1.807) is 10.4 Å². The highest BCUT2D eigenvalue weighted by atomic mass is 79.9. The highest BCUT2D eigenvalue weighted by Gasteiger charge is 2.29. The van der Waals surface area contributed by atoms with Gasteiger partial charge in [0.05, 0.1) is 0 Å². The molecule has 0 spiro atoms. The molecule has 2 aromatic rings. The molecule has 1 aromatic carbocycles. The summed E-state index contributed by atoms with van der Waals surface area (Å²) in [6.07, 6.45) is 2.74. The first-order chi connectivity index (χ1) is 9.15. The van der Waals surface area contributed by atoms with Crippen LogP contribution in [0.5, 0.6) is 0 Å². The molecule has 0 amide bonds. The molecule has 1 nitrogen and oxygen atoms in total. The Balaban J connectivity index is 1.91. The van der Waals surface area contributed by atoms with Crippen LogP contribution in [0, 0.1) is 5.92 Å². The van der Waals surface area contributed by atoms with Crippen LogP contribution in [0.15, 0.2) is 22.7 Å². The minimum absolute atomic E-state index is 0.716. The fourth-order valence-electron chi connectivity index (χ4n) is 2.56. The molecule has 1 aliphatic carbocycles. The van der Waals surface area contributed by atoms with Crippen molar-refractivity contribution in [3.63, 3.8) is 0 Å².